The van der Waals surface area contributed by atoms with E-state index < -0.39 is 0 Å². The van der Waals surface area contributed by atoms with Crippen molar-refractivity contribution < 1.29 is 4.79 Å². The Kier molecular flexibility index (Phi) is 4.47. The maximum atomic E-state index is 12.0. The summed E-state index contributed by atoms with van der Waals surface area (Å²) in [6.07, 6.45) is 3.00. The van der Waals surface area contributed by atoms with Gasteiger partial charge in [-0.3, -0.25) is 4.79 Å². The lowest BCUT2D eigenvalue weighted by molar-refractivity contribution is 0.102. The number of hydrogen-bond acceptors (Lipinski definition) is 3. The Balaban J connectivity index is 2.19. The van der Waals surface area contributed by atoms with Crippen molar-refractivity contribution in [2.45, 2.75) is 0 Å². The number of hydrogen-bond donors (Lipinski definition) is 1. The fraction of sp³-hybridized carbons (Fsp3) is 0. The third kappa shape index (κ3) is 3.60. The maximum Gasteiger partial charge on any atom is 0.256 e. The Morgan fingerprint density at radius 2 is 1.67 bits per heavy atom. The predicted octanol–water partition coefficient (Wildman–Crippen LogP) is 4.02. The van der Waals surface area contributed by atoms with Gasteiger partial charge in [-0.15, -0.1) is 0 Å². The quantitative estimate of drug-likeness (QED) is 0.775. The van der Waals surface area contributed by atoms with Gasteiger partial charge < -0.3 is 5.32 Å². The van der Waals surface area contributed by atoms with Crippen LogP contribution in [-0.4, -0.2) is 15.9 Å². The normalized spacial score (nSPS) is 10.2. The summed E-state index contributed by atoms with van der Waals surface area (Å²) in [4.78, 5) is 20.0. The molecule has 1 N–H and O–H groups in total. The van der Waals surface area contributed by atoms with E-state index in [0.717, 1.165) is 8.95 Å². The van der Waals surface area contributed by atoms with Gasteiger partial charge in [-0.25, -0.2) is 9.97 Å². The van der Waals surface area contributed by atoms with Gasteiger partial charge in [0.1, 0.15) is 4.60 Å². The molecule has 1 amide bonds. The van der Waals surface area contributed by atoms with Gasteiger partial charge >= 0.3 is 0 Å². The topological polar surface area (TPSA) is 54.9 Å². The number of rotatable bonds is 2. The molecule has 0 aliphatic rings. The third-order valence-electron chi connectivity index (χ3n) is 1.99. The summed E-state index contributed by atoms with van der Waals surface area (Å²) in [6.45, 7) is 0. The molecule has 0 saturated heterocycles. The molecule has 1 aromatic heterocycles. The fourth-order valence-electron chi connectivity index (χ4n) is 1.25. The second-order valence-corrected chi connectivity index (χ2v) is 5.98. The molecular weight excluding hydrogens is 430 g/mol. The zero-order valence-electron chi connectivity index (χ0n) is 8.82. The number of benzene rings is 1. The maximum absolute atomic E-state index is 12.0. The van der Waals surface area contributed by atoms with Crippen molar-refractivity contribution in [3.63, 3.8) is 0 Å². The van der Waals surface area contributed by atoms with Crippen molar-refractivity contribution in [3.8, 4) is 0 Å². The molecule has 0 radical (unpaired) electrons. The summed E-state index contributed by atoms with van der Waals surface area (Å²) in [7, 11) is 0. The predicted molar refractivity (Wildman–Crippen MR) is 79.5 cm³/mol. The number of carbonyl (C=O) groups excluding carboxylic acids is 1. The Hall–Kier alpha value is -0.790. The number of anilines is 1. The van der Waals surface area contributed by atoms with Gasteiger partial charge in [0.15, 0.2) is 5.82 Å². The standard InChI is InChI=1S/C11H6Br3N3O/c12-7-1-6(2-8(13)3-7)11(18)17-10-5-15-9(14)4-16-10/h1-5H,(H,16,17,18). The van der Waals surface area contributed by atoms with Gasteiger partial charge in [0.2, 0.25) is 0 Å². The number of aromatic nitrogens is 2. The first-order chi connectivity index (χ1) is 8.54. The molecule has 0 aliphatic heterocycles. The van der Waals surface area contributed by atoms with Crippen LogP contribution in [0.4, 0.5) is 5.82 Å². The minimum absolute atomic E-state index is 0.242. The molecule has 0 spiro atoms. The van der Waals surface area contributed by atoms with E-state index in [-0.39, 0.29) is 5.91 Å². The summed E-state index contributed by atoms with van der Waals surface area (Å²) in [6, 6.07) is 5.31. The summed E-state index contributed by atoms with van der Waals surface area (Å²) < 4.78 is 2.26. The number of nitrogens with one attached hydrogen (secondary N) is 1. The van der Waals surface area contributed by atoms with E-state index in [4.69, 9.17) is 0 Å². The summed E-state index contributed by atoms with van der Waals surface area (Å²) in [5, 5.41) is 2.66. The number of halogens is 3. The summed E-state index contributed by atoms with van der Waals surface area (Å²) in [5.74, 6) is 0.160. The first-order valence-electron chi connectivity index (χ1n) is 4.79. The largest absolute Gasteiger partial charge is 0.305 e. The average Bonchev–Trinajstić information content (AvgIpc) is 2.31. The zero-order valence-corrected chi connectivity index (χ0v) is 13.6. The van der Waals surface area contributed by atoms with Gasteiger partial charge in [-0.1, -0.05) is 31.9 Å². The van der Waals surface area contributed by atoms with Gasteiger partial charge in [0.05, 0.1) is 12.4 Å². The van der Waals surface area contributed by atoms with Gasteiger partial charge in [0.25, 0.3) is 5.91 Å². The molecule has 0 fully saturated rings. The lowest BCUT2D eigenvalue weighted by atomic mass is 10.2. The number of nitrogens with zero attached hydrogens (tertiary/aromatic N) is 2. The van der Waals surface area contributed by atoms with Crippen molar-refractivity contribution in [3.05, 3.63) is 49.7 Å². The SMILES string of the molecule is O=C(Nc1cnc(Br)cn1)c1cc(Br)cc(Br)c1. The second kappa shape index (κ2) is 5.90. The van der Waals surface area contributed by atoms with Crippen molar-refractivity contribution >= 4 is 59.5 Å². The highest BCUT2D eigenvalue weighted by Gasteiger charge is 2.08. The molecule has 0 unspecified atom stereocenters. The Bertz CT molecular complexity index is 566. The fourth-order valence-corrected chi connectivity index (χ4v) is 2.75. The van der Waals surface area contributed by atoms with Gasteiger partial charge in [-0.05, 0) is 34.1 Å². The van der Waals surface area contributed by atoms with Crippen molar-refractivity contribution in [1.82, 2.24) is 9.97 Å². The molecule has 1 aromatic carbocycles. The van der Waals surface area contributed by atoms with Gasteiger partial charge in [0, 0.05) is 14.5 Å². The minimum Gasteiger partial charge on any atom is -0.305 e. The zero-order chi connectivity index (χ0) is 13.1. The van der Waals surface area contributed by atoms with Gasteiger partial charge in [-0.2, -0.15) is 0 Å². The smallest absolute Gasteiger partial charge is 0.256 e. The average molecular weight is 436 g/mol. The van der Waals surface area contributed by atoms with Crippen LogP contribution in [0.1, 0.15) is 10.4 Å². The Morgan fingerprint density at radius 3 is 2.22 bits per heavy atom. The first kappa shape index (κ1) is 13.6. The van der Waals surface area contributed by atoms with Crippen molar-refractivity contribution in [1.29, 1.82) is 0 Å². The molecule has 92 valence electrons. The summed E-state index contributed by atoms with van der Waals surface area (Å²) >= 11 is 9.84. The molecule has 7 heteroatoms. The highest BCUT2D eigenvalue weighted by Crippen LogP contribution is 2.20. The molecule has 2 rings (SSSR count). The van der Waals surface area contributed by atoms with Crippen LogP contribution in [0, 0.1) is 0 Å². The molecule has 2 aromatic rings. The Labute approximate surface area is 129 Å². The van der Waals surface area contributed by atoms with Crippen LogP contribution in [0.15, 0.2) is 44.1 Å². The third-order valence-corrected chi connectivity index (χ3v) is 3.31. The van der Waals surface area contributed by atoms with Crippen LogP contribution < -0.4 is 5.32 Å². The van der Waals surface area contributed by atoms with E-state index >= 15 is 0 Å². The first-order valence-corrected chi connectivity index (χ1v) is 7.17. The second-order valence-electron chi connectivity index (χ2n) is 3.34. The highest BCUT2D eigenvalue weighted by atomic mass is 79.9. The Morgan fingerprint density at radius 1 is 1.00 bits per heavy atom. The summed E-state index contributed by atoms with van der Waals surface area (Å²) in [5.41, 5.74) is 0.529. The van der Waals surface area contributed by atoms with E-state index in [1.54, 1.807) is 12.1 Å². The van der Waals surface area contributed by atoms with Crippen LogP contribution in [0.25, 0.3) is 0 Å². The van der Waals surface area contributed by atoms with Crippen molar-refractivity contribution in [2.75, 3.05) is 5.32 Å². The molecule has 0 atom stereocenters. The number of amides is 1. The monoisotopic (exact) mass is 433 g/mol. The van der Waals surface area contributed by atoms with Crippen molar-refractivity contribution in [2.24, 2.45) is 0 Å². The lowest BCUT2D eigenvalue weighted by Crippen LogP contribution is -2.13. The minimum atomic E-state index is -0.242. The van der Waals surface area contributed by atoms with E-state index in [2.05, 4.69) is 63.1 Å². The molecule has 0 bridgehead atoms. The van der Waals surface area contributed by atoms with Crippen LogP contribution in [0.2, 0.25) is 0 Å². The molecule has 18 heavy (non-hydrogen) atoms. The molecule has 1 heterocycles. The highest BCUT2D eigenvalue weighted by molar-refractivity contribution is 9.11. The molecule has 0 aliphatic carbocycles. The van der Waals surface area contributed by atoms with E-state index in [0.29, 0.717) is 16.0 Å². The van der Waals surface area contributed by atoms with Crippen LogP contribution in [0.5, 0.6) is 0 Å². The molecular formula is C11H6Br3N3O. The van der Waals surface area contributed by atoms with E-state index in [9.17, 15) is 4.79 Å². The molecule has 4 nitrogen and oxygen atoms in total. The van der Waals surface area contributed by atoms with Crippen LogP contribution in [0.3, 0.4) is 0 Å². The molecule has 0 saturated carbocycles. The van der Waals surface area contributed by atoms with Crippen LogP contribution >= 0.6 is 47.8 Å². The van der Waals surface area contributed by atoms with Crippen LogP contribution in [-0.2, 0) is 0 Å². The lowest BCUT2D eigenvalue weighted by Gasteiger charge is -2.05. The number of carbonyl (C=O) groups is 1. The van der Waals surface area contributed by atoms with E-state index in [1.165, 1.54) is 12.4 Å². The van der Waals surface area contributed by atoms with E-state index in [1.807, 2.05) is 6.07 Å².